The fourth-order valence-electron chi connectivity index (χ4n) is 2.19. The van der Waals surface area contributed by atoms with E-state index in [9.17, 15) is 0 Å². The van der Waals surface area contributed by atoms with Crippen molar-refractivity contribution in [2.24, 2.45) is 0 Å². The van der Waals surface area contributed by atoms with Gasteiger partial charge in [-0.1, -0.05) is 55.1 Å². The van der Waals surface area contributed by atoms with E-state index in [0.717, 1.165) is 6.42 Å². The summed E-state index contributed by atoms with van der Waals surface area (Å²) in [7, 11) is 0. The van der Waals surface area contributed by atoms with Crippen LogP contribution in [0.1, 0.15) is 12.5 Å². The largest absolute Gasteiger partial charge is 0.360 e. The molecule has 0 spiro atoms. The molecule has 18 heavy (non-hydrogen) atoms. The third kappa shape index (κ3) is 2.04. The molecule has 90 valence electrons. The van der Waals surface area contributed by atoms with Crippen molar-refractivity contribution in [1.29, 1.82) is 0 Å². The van der Waals surface area contributed by atoms with Crippen LogP contribution in [0.5, 0.6) is 0 Å². The molecule has 0 bridgehead atoms. The lowest BCUT2D eigenvalue weighted by Gasteiger charge is -2.01. The van der Waals surface area contributed by atoms with Crippen molar-refractivity contribution in [2.45, 2.75) is 23.1 Å². The number of rotatable bonds is 3. The van der Waals surface area contributed by atoms with Crippen LogP contribution in [-0.4, -0.2) is 4.98 Å². The van der Waals surface area contributed by atoms with Crippen LogP contribution in [0, 0.1) is 0 Å². The van der Waals surface area contributed by atoms with E-state index in [1.54, 1.807) is 0 Å². The first-order valence-electron chi connectivity index (χ1n) is 6.20. The number of nitrogens with one attached hydrogen (secondary N) is 1. The van der Waals surface area contributed by atoms with E-state index < -0.39 is 0 Å². The Morgan fingerprint density at radius 2 is 1.83 bits per heavy atom. The van der Waals surface area contributed by atoms with Gasteiger partial charge >= 0.3 is 0 Å². The molecule has 1 nitrogen and oxygen atoms in total. The van der Waals surface area contributed by atoms with Crippen molar-refractivity contribution in [3.05, 3.63) is 60.3 Å². The first-order chi connectivity index (χ1) is 8.88. The predicted octanol–water partition coefficient (Wildman–Crippen LogP) is 4.88. The number of aryl methyl sites for hydroxylation is 1. The van der Waals surface area contributed by atoms with Crippen LogP contribution in [0.3, 0.4) is 0 Å². The minimum atomic E-state index is 1.06. The number of hydrogen-bond donors (Lipinski definition) is 1. The fourth-order valence-corrected chi connectivity index (χ4v) is 3.13. The van der Waals surface area contributed by atoms with E-state index in [2.05, 4.69) is 66.6 Å². The maximum absolute atomic E-state index is 3.41. The molecule has 0 saturated carbocycles. The van der Waals surface area contributed by atoms with Gasteiger partial charge in [-0.25, -0.2) is 0 Å². The Morgan fingerprint density at radius 3 is 2.61 bits per heavy atom. The summed E-state index contributed by atoms with van der Waals surface area (Å²) in [6.07, 6.45) is 3.18. The molecule has 0 aliphatic rings. The minimum absolute atomic E-state index is 1.06. The number of para-hydroxylation sites is 1. The van der Waals surface area contributed by atoms with Gasteiger partial charge in [0.15, 0.2) is 0 Å². The molecule has 3 aromatic rings. The van der Waals surface area contributed by atoms with Crippen LogP contribution in [-0.2, 0) is 6.42 Å². The maximum Gasteiger partial charge on any atom is 0.0498 e. The second-order valence-electron chi connectivity index (χ2n) is 4.26. The SMILES string of the molecule is CCc1cccc2c(Sc3ccccc3)c[nH]c12. The van der Waals surface area contributed by atoms with Gasteiger partial charge in [-0.05, 0) is 24.1 Å². The summed E-state index contributed by atoms with van der Waals surface area (Å²) in [6.45, 7) is 2.19. The lowest BCUT2D eigenvalue weighted by atomic mass is 10.1. The van der Waals surface area contributed by atoms with Gasteiger partial charge in [0, 0.05) is 26.9 Å². The molecule has 0 fully saturated rings. The van der Waals surface area contributed by atoms with Crippen LogP contribution < -0.4 is 0 Å². The molecule has 3 rings (SSSR count). The molecule has 0 aliphatic heterocycles. The van der Waals surface area contributed by atoms with Gasteiger partial charge in [0.2, 0.25) is 0 Å². The highest BCUT2D eigenvalue weighted by Gasteiger charge is 2.07. The third-order valence-corrected chi connectivity index (χ3v) is 4.18. The van der Waals surface area contributed by atoms with Gasteiger partial charge in [0.25, 0.3) is 0 Å². The average molecular weight is 253 g/mol. The summed E-state index contributed by atoms with van der Waals surface area (Å²) < 4.78 is 0. The van der Waals surface area contributed by atoms with Gasteiger partial charge in [-0.2, -0.15) is 0 Å². The van der Waals surface area contributed by atoms with Crippen LogP contribution in [0.15, 0.2) is 64.5 Å². The molecule has 0 aliphatic carbocycles. The summed E-state index contributed by atoms with van der Waals surface area (Å²) in [5, 5.41) is 1.32. The van der Waals surface area contributed by atoms with E-state index in [0.29, 0.717) is 0 Å². The van der Waals surface area contributed by atoms with Crippen LogP contribution in [0.2, 0.25) is 0 Å². The van der Waals surface area contributed by atoms with Crippen molar-refractivity contribution in [1.82, 2.24) is 4.98 Å². The average Bonchev–Trinajstić information content (AvgIpc) is 2.83. The van der Waals surface area contributed by atoms with E-state index in [4.69, 9.17) is 0 Å². The zero-order valence-corrected chi connectivity index (χ0v) is 11.1. The molecule has 2 aromatic carbocycles. The van der Waals surface area contributed by atoms with Gasteiger partial charge in [-0.15, -0.1) is 0 Å². The number of aromatic amines is 1. The molecule has 1 heterocycles. The molecule has 0 unspecified atom stereocenters. The van der Waals surface area contributed by atoms with E-state index in [1.807, 2.05) is 11.8 Å². The normalized spacial score (nSPS) is 10.9. The Bertz CT molecular complexity index is 655. The predicted molar refractivity (Wildman–Crippen MR) is 78.2 cm³/mol. The fraction of sp³-hybridized carbons (Fsp3) is 0.125. The molecular weight excluding hydrogens is 238 g/mol. The number of benzene rings is 2. The number of aromatic nitrogens is 1. The zero-order valence-electron chi connectivity index (χ0n) is 10.3. The summed E-state index contributed by atoms with van der Waals surface area (Å²) in [4.78, 5) is 5.98. The Balaban J connectivity index is 2.03. The lowest BCUT2D eigenvalue weighted by Crippen LogP contribution is -1.81. The summed E-state index contributed by atoms with van der Waals surface area (Å²) in [6, 6.07) is 17.0. The quantitative estimate of drug-likeness (QED) is 0.703. The highest BCUT2D eigenvalue weighted by atomic mass is 32.2. The van der Waals surface area contributed by atoms with Crippen molar-refractivity contribution >= 4 is 22.7 Å². The van der Waals surface area contributed by atoms with Crippen LogP contribution >= 0.6 is 11.8 Å². The number of H-pyrrole nitrogens is 1. The summed E-state index contributed by atoms with van der Waals surface area (Å²) >= 11 is 1.81. The Hall–Kier alpha value is -1.67. The lowest BCUT2D eigenvalue weighted by molar-refractivity contribution is 1.15. The molecule has 1 aromatic heterocycles. The highest BCUT2D eigenvalue weighted by molar-refractivity contribution is 7.99. The first kappa shape index (κ1) is 11.4. The van der Waals surface area contributed by atoms with E-state index in [1.165, 1.54) is 26.3 Å². The molecular formula is C16H15NS. The summed E-state index contributed by atoms with van der Waals surface area (Å²) in [5.41, 5.74) is 2.66. The Kier molecular flexibility index (Phi) is 3.11. The minimum Gasteiger partial charge on any atom is -0.360 e. The van der Waals surface area contributed by atoms with Crippen molar-refractivity contribution in [3.8, 4) is 0 Å². The molecule has 1 N–H and O–H groups in total. The second kappa shape index (κ2) is 4.91. The smallest absolute Gasteiger partial charge is 0.0498 e. The first-order valence-corrected chi connectivity index (χ1v) is 7.02. The van der Waals surface area contributed by atoms with Crippen LogP contribution in [0.4, 0.5) is 0 Å². The highest BCUT2D eigenvalue weighted by Crippen LogP contribution is 2.34. The van der Waals surface area contributed by atoms with Gasteiger partial charge in [0.1, 0.15) is 0 Å². The standard InChI is InChI=1S/C16H15NS/c1-2-12-7-6-10-14-15(11-17-16(12)14)18-13-8-4-3-5-9-13/h3-11,17H,2H2,1H3. The Labute approximate surface area is 111 Å². The molecule has 0 radical (unpaired) electrons. The number of hydrogen-bond acceptors (Lipinski definition) is 1. The van der Waals surface area contributed by atoms with Gasteiger partial charge in [-0.3, -0.25) is 0 Å². The molecule has 0 saturated heterocycles. The van der Waals surface area contributed by atoms with Gasteiger partial charge in [0.05, 0.1) is 0 Å². The van der Waals surface area contributed by atoms with Crippen LogP contribution in [0.25, 0.3) is 10.9 Å². The second-order valence-corrected chi connectivity index (χ2v) is 5.38. The van der Waals surface area contributed by atoms with Crippen molar-refractivity contribution in [3.63, 3.8) is 0 Å². The monoisotopic (exact) mass is 253 g/mol. The topological polar surface area (TPSA) is 15.8 Å². The zero-order chi connectivity index (χ0) is 12.4. The maximum atomic E-state index is 3.41. The summed E-state index contributed by atoms with van der Waals surface area (Å²) in [5.74, 6) is 0. The van der Waals surface area contributed by atoms with Crippen molar-refractivity contribution < 1.29 is 0 Å². The van der Waals surface area contributed by atoms with Crippen molar-refractivity contribution in [2.75, 3.05) is 0 Å². The van der Waals surface area contributed by atoms with Gasteiger partial charge < -0.3 is 4.98 Å². The Morgan fingerprint density at radius 1 is 1.00 bits per heavy atom. The van der Waals surface area contributed by atoms with E-state index >= 15 is 0 Å². The molecule has 0 amide bonds. The number of fused-ring (bicyclic) bond motifs is 1. The molecule has 2 heteroatoms. The van der Waals surface area contributed by atoms with E-state index in [-0.39, 0.29) is 0 Å². The molecule has 0 atom stereocenters. The third-order valence-electron chi connectivity index (χ3n) is 3.12.